The van der Waals surface area contributed by atoms with E-state index >= 15 is 0 Å². The minimum Gasteiger partial charge on any atom is -0.495 e. The van der Waals surface area contributed by atoms with E-state index in [-0.39, 0.29) is 12.1 Å². The Labute approximate surface area is 143 Å². The second-order valence-electron chi connectivity index (χ2n) is 6.51. The summed E-state index contributed by atoms with van der Waals surface area (Å²) in [5.41, 5.74) is 0.688. The highest BCUT2D eigenvalue weighted by Crippen LogP contribution is 2.23. The lowest BCUT2D eigenvalue weighted by molar-refractivity contribution is 0.0633. The van der Waals surface area contributed by atoms with Crippen molar-refractivity contribution in [3.63, 3.8) is 0 Å². The van der Waals surface area contributed by atoms with Crippen LogP contribution < -0.4 is 15.4 Å². The number of methoxy groups -OCH3 is 1. The van der Waals surface area contributed by atoms with Crippen LogP contribution in [0.2, 0.25) is 0 Å². The third kappa shape index (κ3) is 4.61. The van der Waals surface area contributed by atoms with Crippen LogP contribution in [0.15, 0.2) is 24.3 Å². The first-order chi connectivity index (χ1) is 11.7. The molecule has 2 fully saturated rings. The van der Waals surface area contributed by atoms with Crippen molar-refractivity contribution >= 4 is 11.7 Å². The first-order valence-electron chi connectivity index (χ1n) is 8.79. The fraction of sp³-hybridized carbons (Fsp3) is 0.611. The normalized spacial score (nSPS) is 22.3. The van der Waals surface area contributed by atoms with Gasteiger partial charge in [-0.05, 0) is 37.8 Å². The smallest absolute Gasteiger partial charge is 0.319 e. The third-order valence-corrected chi connectivity index (χ3v) is 4.76. The zero-order valence-electron chi connectivity index (χ0n) is 14.3. The van der Waals surface area contributed by atoms with Gasteiger partial charge in [0.15, 0.2) is 0 Å². The van der Waals surface area contributed by atoms with Crippen LogP contribution in [-0.2, 0) is 4.74 Å². The fourth-order valence-corrected chi connectivity index (χ4v) is 3.43. The highest BCUT2D eigenvalue weighted by atomic mass is 16.5. The molecule has 0 radical (unpaired) electrons. The summed E-state index contributed by atoms with van der Waals surface area (Å²) in [6.45, 7) is 3.96. The van der Waals surface area contributed by atoms with E-state index in [4.69, 9.17) is 9.47 Å². The van der Waals surface area contributed by atoms with E-state index in [1.165, 1.54) is 12.8 Å². The number of rotatable bonds is 5. The molecule has 3 rings (SSSR count). The largest absolute Gasteiger partial charge is 0.495 e. The molecule has 0 saturated carbocycles. The molecule has 0 spiro atoms. The van der Waals surface area contributed by atoms with Crippen molar-refractivity contribution in [1.82, 2.24) is 10.2 Å². The lowest BCUT2D eigenvalue weighted by atomic mass is 10.0. The summed E-state index contributed by atoms with van der Waals surface area (Å²) in [5, 5.41) is 5.94. The van der Waals surface area contributed by atoms with Gasteiger partial charge < -0.3 is 25.0 Å². The Kier molecular flexibility index (Phi) is 5.93. The topological polar surface area (TPSA) is 62.8 Å². The zero-order valence-corrected chi connectivity index (χ0v) is 14.3. The summed E-state index contributed by atoms with van der Waals surface area (Å²) in [7, 11) is 1.60. The number of piperidine rings is 1. The molecule has 2 amide bonds. The second-order valence-corrected chi connectivity index (χ2v) is 6.51. The molecule has 0 bridgehead atoms. The van der Waals surface area contributed by atoms with Crippen LogP contribution in [0.25, 0.3) is 0 Å². The van der Waals surface area contributed by atoms with E-state index in [0.29, 0.717) is 17.5 Å². The molecule has 1 atom stereocenters. The molecule has 0 aromatic heterocycles. The first kappa shape index (κ1) is 17.0. The molecule has 2 aliphatic rings. The highest BCUT2D eigenvalue weighted by Gasteiger charge is 2.24. The summed E-state index contributed by atoms with van der Waals surface area (Å²) in [6, 6.07) is 7.48. The Balaban J connectivity index is 1.41. The number of nitrogens with one attached hydrogen (secondary N) is 2. The summed E-state index contributed by atoms with van der Waals surface area (Å²) in [5.74, 6) is 0.666. The van der Waals surface area contributed by atoms with Gasteiger partial charge >= 0.3 is 6.03 Å². The van der Waals surface area contributed by atoms with Gasteiger partial charge in [0.25, 0.3) is 0 Å². The second kappa shape index (κ2) is 8.35. The van der Waals surface area contributed by atoms with Crippen molar-refractivity contribution < 1.29 is 14.3 Å². The maximum Gasteiger partial charge on any atom is 0.319 e. The molecule has 6 nitrogen and oxygen atoms in total. The number of para-hydroxylation sites is 2. The van der Waals surface area contributed by atoms with Crippen LogP contribution >= 0.6 is 0 Å². The van der Waals surface area contributed by atoms with E-state index < -0.39 is 0 Å². The lowest BCUT2D eigenvalue weighted by Crippen LogP contribution is -2.47. The number of benzene rings is 1. The minimum absolute atomic E-state index is 0.169. The predicted molar refractivity (Wildman–Crippen MR) is 93.6 cm³/mol. The molecular formula is C18H27N3O3. The summed E-state index contributed by atoms with van der Waals surface area (Å²) >= 11 is 0. The average molecular weight is 333 g/mol. The van der Waals surface area contributed by atoms with Crippen molar-refractivity contribution in [3.8, 4) is 5.75 Å². The summed E-state index contributed by atoms with van der Waals surface area (Å²) < 4.78 is 11.0. The number of carbonyl (C=O) groups is 1. The molecule has 6 heteroatoms. The van der Waals surface area contributed by atoms with Gasteiger partial charge in [0.1, 0.15) is 5.75 Å². The first-order valence-corrected chi connectivity index (χ1v) is 8.79. The van der Waals surface area contributed by atoms with Crippen LogP contribution in [0.1, 0.15) is 25.7 Å². The van der Waals surface area contributed by atoms with Gasteiger partial charge in [0, 0.05) is 32.3 Å². The number of likely N-dealkylation sites (tertiary alicyclic amines) is 1. The van der Waals surface area contributed by atoms with Crippen molar-refractivity contribution in [2.45, 2.75) is 37.8 Å². The molecule has 1 aromatic rings. The van der Waals surface area contributed by atoms with Gasteiger partial charge in [-0.1, -0.05) is 12.1 Å². The van der Waals surface area contributed by atoms with Gasteiger partial charge in [-0.15, -0.1) is 0 Å². The molecule has 2 saturated heterocycles. The predicted octanol–water partition coefficient (Wildman–Crippen LogP) is 2.46. The molecule has 132 valence electrons. The van der Waals surface area contributed by atoms with E-state index in [1.807, 2.05) is 24.3 Å². The molecule has 2 heterocycles. The number of carbonyl (C=O) groups excluding carboxylic acids is 1. The zero-order chi connectivity index (χ0) is 16.8. The Morgan fingerprint density at radius 3 is 2.79 bits per heavy atom. The number of anilines is 1. The molecule has 2 aliphatic heterocycles. The third-order valence-electron chi connectivity index (χ3n) is 4.76. The Morgan fingerprint density at radius 1 is 1.29 bits per heavy atom. The maximum atomic E-state index is 12.2. The van der Waals surface area contributed by atoms with E-state index in [0.717, 1.165) is 39.1 Å². The van der Waals surface area contributed by atoms with Crippen LogP contribution in [0.5, 0.6) is 5.75 Å². The van der Waals surface area contributed by atoms with Crippen molar-refractivity contribution in [1.29, 1.82) is 0 Å². The van der Waals surface area contributed by atoms with Gasteiger partial charge in [-0.25, -0.2) is 4.79 Å². The molecule has 1 aromatic carbocycles. The highest BCUT2D eigenvalue weighted by molar-refractivity contribution is 5.91. The number of hydrogen-bond donors (Lipinski definition) is 2. The SMILES string of the molecule is COc1ccccc1NC(=O)NC1CCN(C[C@H]2CCCO2)CC1. The Bertz CT molecular complexity index is 538. The molecule has 24 heavy (non-hydrogen) atoms. The van der Waals surface area contributed by atoms with E-state index in [2.05, 4.69) is 15.5 Å². The van der Waals surface area contributed by atoms with Gasteiger partial charge in [0.05, 0.1) is 18.9 Å². The maximum absolute atomic E-state index is 12.2. The molecular weight excluding hydrogens is 306 g/mol. The monoisotopic (exact) mass is 333 g/mol. The average Bonchev–Trinajstić information content (AvgIpc) is 3.10. The van der Waals surface area contributed by atoms with Crippen LogP contribution in [-0.4, -0.2) is 56.4 Å². The lowest BCUT2D eigenvalue weighted by Gasteiger charge is -2.33. The summed E-state index contributed by atoms with van der Waals surface area (Å²) in [4.78, 5) is 14.6. The summed E-state index contributed by atoms with van der Waals surface area (Å²) in [6.07, 6.45) is 4.73. The van der Waals surface area contributed by atoms with Crippen LogP contribution in [0.3, 0.4) is 0 Å². The van der Waals surface area contributed by atoms with Crippen LogP contribution in [0, 0.1) is 0 Å². The van der Waals surface area contributed by atoms with Crippen molar-refractivity contribution in [2.75, 3.05) is 38.7 Å². The van der Waals surface area contributed by atoms with Gasteiger partial charge in [0.2, 0.25) is 0 Å². The number of urea groups is 1. The number of nitrogens with zero attached hydrogens (tertiary/aromatic N) is 1. The standard InChI is InChI=1S/C18H27N3O3/c1-23-17-7-3-2-6-16(17)20-18(22)19-14-8-10-21(11-9-14)13-15-5-4-12-24-15/h2-3,6-7,14-15H,4-5,8-13H2,1H3,(H2,19,20,22)/t15-/m1/s1. The molecule has 0 unspecified atom stereocenters. The molecule has 2 N–H and O–H groups in total. The Hall–Kier alpha value is -1.79. The van der Waals surface area contributed by atoms with Gasteiger partial charge in [-0.3, -0.25) is 0 Å². The van der Waals surface area contributed by atoms with Crippen molar-refractivity contribution in [3.05, 3.63) is 24.3 Å². The number of ether oxygens (including phenoxy) is 2. The van der Waals surface area contributed by atoms with E-state index in [1.54, 1.807) is 7.11 Å². The van der Waals surface area contributed by atoms with E-state index in [9.17, 15) is 4.79 Å². The molecule has 0 aliphatic carbocycles. The Morgan fingerprint density at radius 2 is 2.08 bits per heavy atom. The van der Waals surface area contributed by atoms with Gasteiger partial charge in [-0.2, -0.15) is 0 Å². The van der Waals surface area contributed by atoms with Crippen molar-refractivity contribution in [2.24, 2.45) is 0 Å². The quantitative estimate of drug-likeness (QED) is 0.869. The minimum atomic E-state index is -0.169. The fourth-order valence-electron chi connectivity index (χ4n) is 3.43. The van der Waals surface area contributed by atoms with Crippen LogP contribution in [0.4, 0.5) is 10.5 Å². The number of hydrogen-bond acceptors (Lipinski definition) is 4. The number of amides is 2.